The summed E-state index contributed by atoms with van der Waals surface area (Å²) in [5.41, 5.74) is 2.46. The number of methoxy groups -OCH3 is 1. The van der Waals surface area contributed by atoms with Gasteiger partial charge in [0.25, 0.3) is 0 Å². The lowest BCUT2D eigenvalue weighted by Gasteiger charge is -2.20. The van der Waals surface area contributed by atoms with Crippen molar-refractivity contribution < 1.29 is 9.47 Å². The minimum Gasteiger partial charge on any atom is -0.385 e. The number of nitrogens with one attached hydrogen (secondary N) is 1. The predicted molar refractivity (Wildman–Crippen MR) is 80.9 cm³/mol. The molecule has 5 nitrogen and oxygen atoms in total. The van der Waals surface area contributed by atoms with Crippen molar-refractivity contribution in [2.75, 3.05) is 26.9 Å². The zero-order valence-electron chi connectivity index (χ0n) is 13.5. The van der Waals surface area contributed by atoms with Crippen molar-refractivity contribution in [2.24, 2.45) is 0 Å². The van der Waals surface area contributed by atoms with Crippen molar-refractivity contribution in [3.05, 3.63) is 17.5 Å². The molecule has 116 valence electrons. The summed E-state index contributed by atoms with van der Waals surface area (Å²) in [6.45, 7) is 12.4. The molecule has 0 atom stereocenters. The summed E-state index contributed by atoms with van der Waals surface area (Å²) in [5, 5.41) is 8.00. The Labute approximate surface area is 122 Å². The highest BCUT2D eigenvalue weighted by molar-refractivity contribution is 5.15. The van der Waals surface area contributed by atoms with Gasteiger partial charge in [-0.1, -0.05) is 0 Å². The van der Waals surface area contributed by atoms with Gasteiger partial charge in [0.05, 0.1) is 18.8 Å². The van der Waals surface area contributed by atoms with Crippen LogP contribution in [0.1, 0.15) is 38.4 Å². The fraction of sp³-hybridized carbons (Fsp3) is 0.800. The number of rotatable bonds is 9. The normalized spacial score (nSPS) is 12.1. The first-order valence-corrected chi connectivity index (χ1v) is 7.27. The Balaban J connectivity index is 2.30. The highest BCUT2D eigenvalue weighted by Crippen LogP contribution is 2.08. The summed E-state index contributed by atoms with van der Waals surface area (Å²) >= 11 is 0. The molecule has 0 saturated heterocycles. The van der Waals surface area contributed by atoms with Gasteiger partial charge in [-0.15, -0.1) is 0 Å². The Hall–Kier alpha value is -0.910. The molecule has 1 aromatic rings. The van der Waals surface area contributed by atoms with Gasteiger partial charge in [-0.2, -0.15) is 5.10 Å². The molecule has 0 radical (unpaired) electrons. The van der Waals surface area contributed by atoms with E-state index in [0.29, 0.717) is 6.61 Å². The molecular formula is C15H29N3O2. The van der Waals surface area contributed by atoms with Gasteiger partial charge in [-0.3, -0.25) is 4.68 Å². The molecular weight excluding hydrogens is 254 g/mol. The van der Waals surface area contributed by atoms with Crippen LogP contribution in [0.4, 0.5) is 0 Å². The first kappa shape index (κ1) is 17.1. The number of aromatic nitrogens is 2. The summed E-state index contributed by atoms with van der Waals surface area (Å²) in [4.78, 5) is 0. The number of ether oxygens (including phenoxy) is 2. The van der Waals surface area contributed by atoms with E-state index < -0.39 is 0 Å². The van der Waals surface area contributed by atoms with Gasteiger partial charge in [0.2, 0.25) is 0 Å². The van der Waals surface area contributed by atoms with Crippen LogP contribution in [0.3, 0.4) is 0 Å². The lowest BCUT2D eigenvalue weighted by Crippen LogP contribution is -2.35. The van der Waals surface area contributed by atoms with Crippen molar-refractivity contribution in [1.29, 1.82) is 0 Å². The first-order valence-electron chi connectivity index (χ1n) is 7.27. The average molecular weight is 283 g/mol. The number of aryl methyl sites for hydroxylation is 1. The molecule has 0 aliphatic carbocycles. The smallest absolute Gasteiger partial charge is 0.0662 e. The van der Waals surface area contributed by atoms with Gasteiger partial charge in [-0.05, 0) is 34.1 Å². The molecule has 5 heteroatoms. The topological polar surface area (TPSA) is 48.3 Å². The maximum Gasteiger partial charge on any atom is 0.0662 e. The second-order valence-electron chi connectivity index (χ2n) is 6.07. The Kier molecular flexibility index (Phi) is 7.19. The van der Waals surface area contributed by atoms with Crippen LogP contribution in [0, 0.1) is 6.92 Å². The molecule has 0 aliphatic heterocycles. The summed E-state index contributed by atoms with van der Waals surface area (Å²) in [6.07, 6.45) is 3.04. The SMILES string of the molecule is COCCCOCCn1cc(CNC(C)(C)C)c(C)n1. The molecule has 0 amide bonds. The van der Waals surface area contributed by atoms with Gasteiger partial charge in [-0.25, -0.2) is 0 Å². The van der Waals surface area contributed by atoms with Crippen LogP contribution in [0.25, 0.3) is 0 Å². The van der Waals surface area contributed by atoms with Crippen LogP contribution in [-0.2, 0) is 22.6 Å². The van der Waals surface area contributed by atoms with Crippen molar-refractivity contribution in [2.45, 2.75) is 52.7 Å². The van der Waals surface area contributed by atoms with E-state index in [1.807, 2.05) is 4.68 Å². The van der Waals surface area contributed by atoms with Crippen LogP contribution < -0.4 is 5.32 Å². The van der Waals surface area contributed by atoms with E-state index in [1.54, 1.807) is 7.11 Å². The quantitative estimate of drug-likeness (QED) is 0.705. The minimum atomic E-state index is 0.124. The molecule has 1 N–H and O–H groups in total. The second kappa shape index (κ2) is 8.39. The van der Waals surface area contributed by atoms with Crippen LogP contribution in [-0.4, -0.2) is 42.2 Å². The number of hydrogen-bond donors (Lipinski definition) is 1. The van der Waals surface area contributed by atoms with Crippen LogP contribution >= 0.6 is 0 Å². The van der Waals surface area contributed by atoms with Crippen LogP contribution in [0.2, 0.25) is 0 Å². The van der Waals surface area contributed by atoms with Crippen molar-refractivity contribution in [1.82, 2.24) is 15.1 Å². The van der Waals surface area contributed by atoms with Gasteiger partial charge in [0.1, 0.15) is 0 Å². The van der Waals surface area contributed by atoms with Gasteiger partial charge < -0.3 is 14.8 Å². The zero-order valence-corrected chi connectivity index (χ0v) is 13.5. The van der Waals surface area contributed by atoms with Gasteiger partial charge in [0.15, 0.2) is 0 Å². The Bertz CT molecular complexity index is 383. The fourth-order valence-corrected chi connectivity index (χ4v) is 1.77. The molecule has 0 aromatic carbocycles. The van der Waals surface area contributed by atoms with E-state index in [2.05, 4.69) is 44.3 Å². The fourth-order valence-electron chi connectivity index (χ4n) is 1.77. The molecule has 1 aromatic heterocycles. The molecule has 1 heterocycles. The maximum atomic E-state index is 5.55. The Morgan fingerprint density at radius 1 is 1.25 bits per heavy atom. The van der Waals surface area contributed by atoms with E-state index >= 15 is 0 Å². The van der Waals surface area contributed by atoms with Crippen molar-refractivity contribution >= 4 is 0 Å². The average Bonchev–Trinajstić information content (AvgIpc) is 2.71. The second-order valence-corrected chi connectivity index (χ2v) is 6.07. The third-order valence-corrected chi connectivity index (χ3v) is 2.96. The van der Waals surface area contributed by atoms with Gasteiger partial charge in [0, 0.05) is 44.2 Å². The van der Waals surface area contributed by atoms with Crippen molar-refractivity contribution in [3.63, 3.8) is 0 Å². The van der Waals surface area contributed by atoms with Crippen molar-refractivity contribution in [3.8, 4) is 0 Å². The summed E-state index contributed by atoms with van der Waals surface area (Å²) in [5.74, 6) is 0. The largest absolute Gasteiger partial charge is 0.385 e. The molecule has 20 heavy (non-hydrogen) atoms. The minimum absolute atomic E-state index is 0.124. The summed E-state index contributed by atoms with van der Waals surface area (Å²) in [7, 11) is 1.71. The van der Waals surface area contributed by atoms with E-state index in [1.165, 1.54) is 5.56 Å². The lowest BCUT2D eigenvalue weighted by molar-refractivity contribution is 0.0960. The Morgan fingerprint density at radius 3 is 2.65 bits per heavy atom. The number of hydrogen-bond acceptors (Lipinski definition) is 4. The maximum absolute atomic E-state index is 5.55. The summed E-state index contributed by atoms with van der Waals surface area (Å²) < 4.78 is 12.5. The van der Waals surface area contributed by atoms with Crippen LogP contribution in [0.15, 0.2) is 6.20 Å². The summed E-state index contributed by atoms with van der Waals surface area (Å²) in [6, 6.07) is 0. The highest BCUT2D eigenvalue weighted by Gasteiger charge is 2.11. The molecule has 0 saturated carbocycles. The Morgan fingerprint density at radius 2 is 2.00 bits per heavy atom. The molecule has 0 aliphatic rings. The number of nitrogens with zero attached hydrogens (tertiary/aromatic N) is 2. The predicted octanol–water partition coefficient (Wildman–Crippen LogP) is 2.13. The van der Waals surface area contributed by atoms with E-state index in [9.17, 15) is 0 Å². The zero-order chi connectivity index (χ0) is 15.0. The lowest BCUT2D eigenvalue weighted by atomic mass is 10.1. The molecule has 0 fully saturated rings. The molecule has 0 unspecified atom stereocenters. The third kappa shape index (κ3) is 7.03. The van der Waals surface area contributed by atoms with E-state index in [0.717, 1.165) is 38.4 Å². The first-order chi connectivity index (χ1) is 9.42. The third-order valence-electron chi connectivity index (χ3n) is 2.96. The molecule has 0 spiro atoms. The molecule has 0 bridgehead atoms. The van der Waals surface area contributed by atoms with Gasteiger partial charge >= 0.3 is 0 Å². The van der Waals surface area contributed by atoms with Crippen LogP contribution in [0.5, 0.6) is 0 Å². The highest BCUT2D eigenvalue weighted by atomic mass is 16.5. The monoisotopic (exact) mass is 283 g/mol. The molecule has 1 rings (SSSR count). The van der Waals surface area contributed by atoms with E-state index in [4.69, 9.17) is 9.47 Å². The standard InChI is InChI=1S/C15H29N3O2/c1-13-14(11-16-15(2,3)4)12-18(17-13)7-10-20-9-6-8-19-5/h12,16H,6-11H2,1-5H3. The van der Waals surface area contributed by atoms with E-state index in [-0.39, 0.29) is 5.54 Å².